The van der Waals surface area contributed by atoms with E-state index < -0.39 is 21.8 Å². The summed E-state index contributed by atoms with van der Waals surface area (Å²) in [4.78, 5) is 19.1. The molecule has 0 aliphatic carbocycles. The van der Waals surface area contributed by atoms with Crippen LogP contribution in [0.2, 0.25) is 0 Å². The lowest BCUT2D eigenvalue weighted by Gasteiger charge is -2.30. The molecule has 1 aliphatic heterocycles. The SMILES string of the molecule is C#CCn1c(=NC(=O)C2CCCN(S(=O)(=O)c3ccc(F)cc3)C2)sc2cc(SC)ccc21. The minimum atomic E-state index is -3.82. The zero-order valence-electron chi connectivity index (χ0n) is 17.9. The molecule has 1 aromatic heterocycles. The van der Waals surface area contributed by atoms with Gasteiger partial charge in [-0.2, -0.15) is 9.30 Å². The molecule has 172 valence electrons. The third-order valence-corrected chi connectivity index (χ3v) is 9.18. The molecule has 2 heterocycles. The number of fused-ring (bicyclic) bond motifs is 1. The van der Waals surface area contributed by atoms with E-state index in [2.05, 4.69) is 10.9 Å². The molecule has 1 saturated heterocycles. The van der Waals surface area contributed by atoms with Crippen LogP contribution >= 0.6 is 23.1 Å². The first kappa shape index (κ1) is 23.7. The van der Waals surface area contributed by atoms with Gasteiger partial charge in [0.25, 0.3) is 5.91 Å². The molecule has 0 bridgehead atoms. The molecule has 6 nitrogen and oxygen atoms in total. The maximum atomic E-state index is 13.2. The van der Waals surface area contributed by atoms with Gasteiger partial charge in [0.1, 0.15) is 5.82 Å². The third kappa shape index (κ3) is 4.92. The number of piperidine rings is 1. The number of thioether (sulfide) groups is 1. The van der Waals surface area contributed by atoms with E-state index in [4.69, 9.17) is 6.42 Å². The van der Waals surface area contributed by atoms with Crippen LogP contribution in [0.5, 0.6) is 0 Å². The number of hydrogen-bond donors (Lipinski definition) is 0. The number of halogens is 1. The number of carbonyl (C=O) groups is 1. The molecule has 2 aromatic carbocycles. The molecule has 10 heteroatoms. The molecule has 33 heavy (non-hydrogen) atoms. The number of aromatic nitrogens is 1. The van der Waals surface area contributed by atoms with Gasteiger partial charge in [-0.3, -0.25) is 4.79 Å². The number of thiazole rings is 1. The molecule has 1 fully saturated rings. The minimum Gasteiger partial charge on any atom is -0.305 e. The molecule has 1 amide bonds. The summed E-state index contributed by atoms with van der Waals surface area (Å²) in [6.07, 6.45) is 8.63. The first-order valence-electron chi connectivity index (χ1n) is 10.3. The Bertz CT molecular complexity index is 1400. The van der Waals surface area contributed by atoms with E-state index in [1.165, 1.54) is 27.8 Å². The summed E-state index contributed by atoms with van der Waals surface area (Å²) in [6, 6.07) is 10.7. The highest BCUT2D eigenvalue weighted by Gasteiger charge is 2.33. The zero-order chi connectivity index (χ0) is 23.6. The van der Waals surface area contributed by atoms with Gasteiger partial charge in [-0.15, -0.1) is 18.2 Å². The Morgan fingerprint density at radius 2 is 2.06 bits per heavy atom. The van der Waals surface area contributed by atoms with Crippen molar-refractivity contribution in [3.05, 3.63) is 53.1 Å². The molecule has 1 atom stereocenters. The van der Waals surface area contributed by atoms with Crippen LogP contribution in [0.3, 0.4) is 0 Å². The van der Waals surface area contributed by atoms with E-state index in [9.17, 15) is 17.6 Å². The van der Waals surface area contributed by atoms with Crippen LogP contribution in [-0.2, 0) is 21.4 Å². The average molecular weight is 504 g/mol. The lowest BCUT2D eigenvalue weighted by Crippen LogP contribution is -2.42. The number of amides is 1. The van der Waals surface area contributed by atoms with Crippen molar-refractivity contribution < 1.29 is 17.6 Å². The molecule has 3 aromatic rings. The van der Waals surface area contributed by atoms with Crippen LogP contribution in [0, 0.1) is 24.1 Å². The van der Waals surface area contributed by atoms with Gasteiger partial charge in [0.2, 0.25) is 10.0 Å². The van der Waals surface area contributed by atoms with Crippen LogP contribution in [0.4, 0.5) is 4.39 Å². The normalized spacial score (nSPS) is 17.8. The van der Waals surface area contributed by atoms with E-state index in [1.807, 2.05) is 29.0 Å². The monoisotopic (exact) mass is 503 g/mol. The first-order chi connectivity index (χ1) is 15.8. The summed E-state index contributed by atoms with van der Waals surface area (Å²) < 4.78 is 43.3. The Morgan fingerprint density at radius 1 is 1.30 bits per heavy atom. The summed E-state index contributed by atoms with van der Waals surface area (Å²) >= 11 is 3.02. The predicted octanol–water partition coefficient (Wildman–Crippen LogP) is 3.73. The average Bonchev–Trinajstić information content (AvgIpc) is 3.15. The lowest BCUT2D eigenvalue weighted by molar-refractivity contribution is -0.122. The van der Waals surface area contributed by atoms with Crippen molar-refractivity contribution in [2.45, 2.75) is 29.2 Å². The number of sulfonamides is 1. The first-order valence-corrected chi connectivity index (χ1v) is 13.8. The Balaban J connectivity index is 1.63. The fourth-order valence-corrected chi connectivity index (χ4v) is 6.93. The Labute approximate surface area is 200 Å². The van der Waals surface area contributed by atoms with Gasteiger partial charge < -0.3 is 4.57 Å². The number of benzene rings is 2. The summed E-state index contributed by atoms with van der Waals surface area (Å²) in [7, 11) is -3.82. The molecule has 1 aliphatic rings. The molecule has 0 radical (unpaired) electrons. The van der Waals surface area contributed by atoms with E-state index in [0.717, 1.165) is 27.2 Å². The second-order valence-electron chi connectivity index (χ2n) is 7.61. The fourth-order valence-electron chi connectivity index (χ4n) is 3.81. The summed E-state index contributed by atoms with van der Waals surface area (Å²) in [5.74, 6) is 1.19. The standard InChI is InChI=1S/C23H22FN3O3S3/c1-3-12-27-20-11-8-18(31-2)14-21(20)32-23(27)25-22(28)16-5-4-13-26(15-16)33(29,30)19-9-6-17(24)7-10-19/h1,6-11,14,16H,4-5,12-13,15H2,2H3. The minimum absolute atomic E-state index is 0.00917. The number of nitrogens with zero attached hydrogens (tertiary/aromatic N) is 3. The number of hydrogen-bond acceptors (Lipinski definition) is 5. The highest BCUT2D eigenvalue weighted by Crippen LogP contribution is 2.26. The van der Waals surface area contributed by atoms with Crippen molar-refractivity contribution in [1.82, 2.24) is 8.87 Å². The van der Waals surface area contributed by atoms with Crippen molar-refractivity contribution in [2.24, 2.45) is 10.9 Å². The number of rotatable bonds is 5. The van der Waals surface area contributed by atoms with Crippen LogP contribution < -0.4 is 4.80 Å². The smallest absolute Gasteiger partial charge is 0.252 e. The van der Waals surface area contributed by atoms with Gasteiger partial charge in [0, 0.05) is 18.0 Å². The molecule has 0 saturated carbocycles. The lowest BCUT2D eigenvalue weighted by atomic mass is 9.99. The van der Waals surface area contributed by atoms with Crippen LogP contribution in [0.15, 0.2) is 57.2 Å². The van der Waals surface area contributed by atoms with Crippen LogP contribution in [0.1, 0.15) is 12.8 Å². The topological polar surface area (TPSA) is 71.7 Å². The van der Waals surface area contributed by atoms with E-state index in [-0.39, 0.29) is 23.9 Å². The fraction of sp³-hybridized carbons (Fsp3) is 0.304. The Kier molecular flexibility index (Phi) is 7.05. The number of terminal acetylenes is 1. The molecule has 0 N–H and O–H groups in total. The third-order valence-electron chi connectivity index (χ3n) is 5.53. The van der Waals surface area contributed by atoms with Crippen molar-refractivity contribution in [3.63, 3.8) is 0 Å². The highest BCUT2D eigenvalue weighted by atomic mass is 32.2. The van der Waals surface area contributed by atoms with Crippen molar-refractivity contribution >= 4 is 49.2 Å². The number of carbonyl (C=O) groups excluding carboxylic acids is 1. The largest absolute Gasteiger partial charge is 0.305 e. The molecule has 4 rings (SSSR count). The molecular formula is C23H22FN3O3S3. The summed E-state index contributed by atoms with van der Waals surface area (Å²) in [5, 5.41) is 0. The van der Waals surface area contributed by atoms with E-state index >= 15 is 0 Å². The Hall–Kier alpha value is -2.45. The van der Waals surface area contributed by atoms with E-state index in [1.54, 1.807) is 11.8 Å². The second-order valence-corrected chi connectivity index (χ2v) is 11.4. The Morgan fingerprint density at radius 3 is 2.76 bits per heavy atom. The van der Waals surface area contributed by atoms with Gasteiger partial charge in [-0.1, -0.05) is 17.3 Å². The maximum Gasteiger partial charge on any atom is 0.252 e. The van der Waals surface area contributed by atoms with Crippen molar-refractivity contribution in [3.8, 4) is 12.3 Å². The summed E-state index contributed by atoms with van der Waals surface area (Å²) in [6.45, 7) is 0.625. The van der Waals surface area contributed by atoms with Gasteiger partial charge in [0.15, 0.2) is 4.80 Å². The summed E-state index contributed by atoms with van der Waals surface area (Å²) in [5.41, 5.74) is 0.909. The maximum absolute atomic E-state index is 13.2. The van der Waals surface area contributed by atoms with Crippen LogP contribution in [-0.4, -0.2) is 42.5 Å². The quantitative estimate of drug-likeness (QED) is 0.393. The molecule has 0 spiro atoms. The van der Waals surface area contributed by atoms with Gasteiger partial charge >= 0.3 is 0 Å². The molecular weight excluding hydrogens is 481 g/mol. The van der Waals surface area contributed by atoms with Crippen molar-refractivity contribution in [2.75, 3.05) is 19.3 Å². The van der Waals surface area contributed by atoms with Gasteiger partial charge in [-0.25, -0.2) is 12.8 Å². The zero-order valence-corrected chi connectivity index (χ0v) is 20.4. The highest BCUT2D eigenvalue weighted by molar-refractivity contribution is 7.98. The second kappa shape index (κ2) is 9.81. The van der Waals surface area contributed by atoms with Gasteiger partial charge in [-0.05, 0) is 61.6 Å². The van der Waals surface area contributed by atoms with Crippen LogP contribution in [0.25, 0.3) is 10.2 Å². The van der Waals surface area contributed by atoms with E-state index in [0.29, 0.717) is 24.2 Å². The molecule has 1 unspecified atom stereocenters. The van der Waals surface area contributed by atoms with Crippen molar-refractivity contribution in [1.29, 1.82) is 0 Å². The predicted molar refractivity (Wildman–Crippen MR) is 129 cm³/mol. The van der Waals surface area contributed by atoms with Gasteiger partial charge in [0.05, 0.1) is 27.6 Å².